The molecule has 0 saturated carbocycles. The van der Waals surface area contributed by atoms with E-state index >= 15 is 0 Å². The number of carboxylic acid groups (broad SMARTS) is 1. The van der Waals surface area contributed by atoms with Crippen LogP contribution in [0.3, 0.4) is 0 Å². The summed E-state index contributed by atoms with van der Waals surface area (Å²) >= 11 is 0. The highest BCUT2D eigenvalue weighted by atomic mass is 16.5. The zero-order valence-electron chi connectivity index (χ0n) is 15.1. The van der Waals surface area contributed by atoms with Crippen molar-refractivity contribution >= 4 is 28.8 Å². The molecule has 0 aliphatic carbocycles. The molecule has 0 spiro atoms. The summed E-state index contributed by atoms with van der Waals surface area (Å²) in [4.78, 5) is 45.4. The number of aryl methyl sites for hydroxylation is 1. The fraction of sp³-hybridized carbons (Fsp3) is 0.333. The molecule has 1 atom stereocenters. The molecular weight excluding hydrogens is 356 g/mol. The third kappa shape index (κ3) is 5.06. The number of carbonyl (C=O) groups is 3. The van der Waals surface area contributed by atoms with Crippen LogP contribution in [0.5, 0.6) is 5.75 Å². The van der Waals surface area contributed by atoms with E-state index in [2.05, 4.69) is 10.6 Å². The van der Waals surface area contributed by atoms with E-state index < -0.39 is 42.6 Å². The van der Waals surface area contributed by atoms with Crippen molar-refractivity contribution in [1.82, 2.24) is 10.6 Å². The SMILES string of the molecule is Cc1c(C)c2ccc(O[C@@H](C)C(=O)NCC(=O)NCC(=O)[O-])cc2oc1=O. The van der Waals surface area contributed by atoms with E-state index in [-0.39, 0.29) is 0 Å². The lowest BCUT2D eigenvalue weighted by Gasteiger charge is -2.15. The van der Waals surface area contributed by atoms with Crippen LogP contribution in [-0.2, 0) is 14.4 Å². The average Bonchev–Trinajstić information content (AvgIpc) is 2.62. The number of carboxylic acids is 1. The second-order valence-electron chi connectivity index (χ2n) is 5.92. The first-order valence-corrected chi connectivity index (χ1v) is 8.14. The van der Waals surface area contributed by atoms with Crippen LogP contribution in [0.15, 0.2) is 27.4 Å². The lowest BCUT2D eigenvalue weighted by Crippen LogP contribution is -2.45. The molecule has 1 aromatic heterocycles. The van der Waals surface area contributed by atoms with Crippen molar-refractivity contribution in [2.75, 3.05) is 13.1 Å². The molecule has 27 heavy (non-hydrogen) atoms. The van der Waals surface area contributed by atoms with Gasteiger partial charge in [-0.25, -0.2) is 4.79 Å². The lowest BCUT2D eigenvalue weighted by molar-refractivity contribution is -0.304. The number of amides is 2. The quantitative estimate of drug-likeness (QED) is 0.602. The number of rotatable bonds is 7. The fourth-order valence-electron chi connectivity index (χ4n) is 2.30. The van der Waals surface area contributed by atoms with Gasteiger partial charge in [-0.2, -0.15) is 0 Å². The molecule has 0 unspecified atom stereocenters. The Kier molecular flexibility index (Phi) is 6.17. The molecule has 0 radical (unpaired) electrons. The number of hydrogen-bond donors (Lipinski definition) is 2. The maximum Gasteiger partial charge on any atom is 0.339 e. The van der Waals surface area contributed by atoms with Crippen molar-refractivity contribution in [3.8, 4) is 5.75 Å². The first kappa shape index (κ1) is 20.0. The van der Waals surface area contributed by atoms with Gasteiger partial charge in [0.1, 0.15) is 11.3 Å². The standard InChI is InChI=1S/C18H20N2O7/c1-9-10(2)18(25)27-14-6-12(4-5-13(9)14)26-11(3)17(24)20-7-15(21)19-8-16(22)23/h4-6,11H,7-8H2,1-3H3,(H,19,21)(H,20,24)(H,22,23)/p-1/t11-/m0/s1. The number of hydrogen-bond acceptors (Lipinski definition) is 7. The molecule has 2 aromatic rings. The van der Waals surface area contributed by atoms with Gasteiger partial charge in [-0.3, -0.25) is 9.59 Å². The van der Waals surface area contributed by atoms with Crippen molar-refractivity contribution in [3.05, 3.63) is 39.7 Å². The van der Waals surface area contributed by atoms with Gasteiger partial charge in [0, 0.05) is 17.0 Å². The highest BCUT2D eigenvalue weighted by Gasteiger charge is 2.16. The van der Waals surface area contributed by atoms with Crippen LogP contribution in [0, 0.1) is 13.8 Å². The second-order valence-corrected chi connectivity index (χ2v) is 5.92. The Labute approximate surface area is 154 Å². The summed E-state index contributed by atoms with van der Waals surface area (Å²) in [7, 11) is 0. The van der Waals surface area contributed by atoms with Crippen LogP contribution in [0.4, 0.5) is 0 Å². The summed E-state index contributed by atoms with van der Waals surface area (Å²) in [6.45, 7) is 3.94. The third-order valence-corrected chi connectivity index (χ3v) is 3.96. The molecule has 0 bridgehead atoms. The second kappa shape index (κ2) is 8.35. The van der Waals surface area contributed by atoms with E-state index in [1.165, 1.54) is 13.0 Å². The Morgan fingerprint density at radius 2 is 1.85 bits per heavy atom. The van der Waals surface area contributed by atoms with Crippen LogP contribution in [0.25, 0.3) is 11.0 Å². The van der Waals surface area contributed by atoms with E-state index in [0.29, 0.717) is 16.9 Å². The lowest BCUT2D eigenvalue weighted by atomic mass is 10.1. The van der Waals surface area contributed by atoms with Crippen LogP contribution in [-0.4, -0.2) is 37.0 Å². The first-order chi connectivity index (χ1) is 12.7. The minimum absolute atomic E-state index is 0.318. The zero-order valence-corrected chi connectivity index (χ0v) is 15.1. The molecule has 1 heterocycles. The van der Waals surface area contributed by atoms with Crippen molar-refractivity contribution in [3.63, 3.8) is 0 Å². The van der Waals surface area contributed by atoms with Crippen LogP contribution in [0.1, 0.15) is 18.1 Å². The molecule has 2 amide bonds. The minimum Gasteiger partial charge on any atom is -0.548 e. The van der Waals surface area contributed by atoms with Crippen molar-refractivity contribution in [2.24, 2.45) is 0 Å². The zero-order chi connectivity index (χ0) is 20.1. The first-order valence-electron chi connectivity index (χ1n) is 8.14. The molecule has 0 aliphatic heterocycles. The van der Waals surface area contributed by atoms with Gasteiger partial charge in [-0.1, -0.05) is 0 Å². The third-order valence-electron chi connectivity index (χ3n) is 3.96. The van der Waals surface area contributed by atoms with E-state index in [0.717, 1.165) is 10.9 Å². The summed E-state index contributed by atoms with van der Waals surface area (Å²) in [5, 5.41) is 15.4. The molecule has 0 saturated heterocycles. The monoisotopic (exact) mass is 375 g/mol. The Balaban J connectivity index is 2.00. The van der Waals surface area contributed by atoms with E-state index in [4.69, 9.17) is 9.15 Å². The molecule has 0 fully saturated rings. The van der Waals surface area contributed by atoms with Gasteiger partial charge >= 0.3 is 5.63 Å². The van der Waals surface area contributed by atoms with E-state index in [1.807, 2.05) is 6.92 Å². The molecule has 1 aromatic carbocycles. The molecule has 0 aliphatic rings. The van der Waals surface area contributed by atoms with E-state index in [9.17, 15) is 24.3 Å². The molecule has 144 valence electrons. The number of fused-ring (bicyclic) bond motifs is 1. The fourth-order valence-corrected chi connectivity index (χ4v) is 2.30. The number of carbonyl (C=O) groups excluding carboxylic acids is 3. The minimum atomic E-state index is -1.43. The number of nitrogens with one attached hydrogen (secondary N) is 2. The predicted octanol–water partition coefficient (Wildman–Crippen LogP) is -0.841. The topological polar surface area (TPSA) is 138 Å². The van der Waals surface area contributed by atoms with Crippen LogP contribution in [0.2, 0.25) is 0 Å². The Bertz CT molecular complexity index is 949. The van der Waals surface area contributed by atoms with Gasteiger partial charge < -0.3 is 29.7 Å². The van der Waals surface area contributed by atoms with Gasteiger partial charge in [0.25, 0.3) is 5.91 Å². The normalized spacial score (nSPS) is 11.7. The van der Waals surface area contributed by atoms with Crippen LogP contribution >= 0.6 is 0 Å². The number of benzene rings is 1. The van der Waals surface area contributed by atoms with Gasteiger partial charge in [0.2, 0.25) is 5.91 Å². The van der Waals surface area contributed by atoms with E-state index in [1.54, 1.807) is 19.1 Å². The summed E-state index contributed by atoms with van der Waals surface area (Å²) in [5.41, 5.74) is 1.24. The Hall–Kier alpha value is -3.36. The van der Waals surface area contributed by atoms with Crippen LogP contribution < -0.4 is 26.1 Å². The maximum atomic E-state index is 12.0. The van der Waals surface area contributed by atoms with Crippen molar-refractivity contribution in [1.29, 1.82) is 0 Å². The highest BCUT2D eigenvalue weighted by molar-refractivity contribution is 5.88. The summed E-state index contributed by atoms with van der Waals surface area (Å²) in [5.74, 6) is -2.35. The molecule has 2 N–H and O–H groups in total. The largest absolute Gasteiger partial charge is 0.548 e. The highest BCUT2D eigenvalue weighted by Crippen LogP contribution is 2.24. The van der Waals surface area contributed by atoms with Crippen molar-refractivity contribution in [2.45, 2.75) is 26.9 Å². The summed E-state index contributed by atoms with van der Waals surface area (Å²) in [6.07, 6.45) is -0.936. The summed E-state index contributed by atoms with van der Waals surface area (Å²) < 4.78 is 10.8. The predicted molar refractivity (Wildman–Crippen MR) is 93.1 cm³/mol. The van der Waals surface area contributed by atoms with Gasteiger partial charge in [0.15, 0.2) is 6.10 Å². The Morgan fingerprint density at radius 1 is 1.15 bits per heavy atom. The molecular formula is C18H19N2O7-. The van der Waals surface area contributed by atoms with Gasteiger partial charge in [-0.15, -0.1) is 0 Å². The van der Waals surface area contributed by atoms with Gasteiger partial charge in [0.05, 0.1) is 19.1 Å². The smallest absolute Gasteiger partial charge is 0.339 e. The number of ether oxygens (including phenoxy) is 1. The van der Waals surface area contributed by atoms with Gasteiger partial charge in [-0.05, 0) is 38.5 Å². The Morgan fingerprint density at radius 3 is 2.52 bits per heavy atom. The van der Waals surface area contributed by atoms with Crippen molar-refractivity contribution < 1.29 is 28.6 Å². The molecule has 2 rings (SSSR count). The molecule has 9 heteroatoms. The number of aliphatic carboxylic acids is 1. The summed E-state index contributed by atoms with van der Waals surface area (Å²) in [6, 6.07) is 4.89. The average molecular weight is 375 g/mol. The molecule has 9 nitrogen and oxygen atoms in total. The maximum absolute atomic E-state index is 12.0.